The lowest BCUT2D eigenvalue weighted by molar-refractivity contribution is 0.0945. The summed E-state index contributed by atoms with van der Waals surface area (Å²) in [5.74, 6) is -0.308. The Labute approximate surface area is 158 Å². The number of aliphatic hydroxyl groups is 1. The number of amides is 1. The van der Waals surface area contributed by atoms with E-state index in [0.717, 1.165) is 21.5 Å². The number of imidazole rings is 1. The highest BCUT2D eigenvalue weighted by molar-refractivity contribution is 9.10. The quantitative estimate of drug-likeness (QED) is 0.569. The average Bonchev–Trinajstić information content (AvgIpc) is 3.00. The molecule has 0 spiro atoms. The van der Waals surface area contributed by atoms with Crippen molar-refractivity contribution in [2.24, 2.45) is 0 Å². The summed E-state index contributed by atoms with van der Waals surface area (Å²) in [6.45, 7) is 0.640. The molecule has 0 aliphatic carbocycles. The fraction of sp³-hybridized carbons (Fsp3) is 0.176. The third-order valence-electron chi connectivity index (χ3n) is 3.63. The van der Waals surface area contributed by atoms with Gasteiger partial charge in [-0.1, -0.05) is 11.6 Å². The summed E-state index contributed by atoms with van der Waals surface area (Å²) < 4.78 is 2.97. The molecule has 0 aliphatic rings. The van der Waals surface area contributed by atoms with Gasteiger partial charge in [-0.05, 0) is 46.3 Å². The minimum atomic E-state index is -0.308. The summed E-state index contributed by atoms with van der Waals surface area (Å²) >= 11 is 9.65. The van der Waals surface area contributed by atoms with Crippen LogP contribution in [0.15, 0.2) is 47.2 Å². The number of aromatic nitrogens is 2. The Hall–Kier alpha value is -2.09. The zero-order valence-corrected chi connectivity index (χ0v) is 15.5. The first-order chi connectivity index (χ1) is 12.1. The lowest BCUT2D eigenvalue weighted by Crippen LogP contribution is -2.26. The van der Waals surface area contributed by atoms with Crippen LogP contribution in [0.2, 0.25) is 5.02 Å². The minimum Gasteiger partial charge on any atom is -0.395 e. The number of anilines is 1. The van der Waals surface area contributed by atoms with Crippen LogP contribution in [-0.2, 0) is 6.54 Å². The predicted molar refractivity (Wildman–Crippen MR) is 101 cm³/mol. The molecule has 0 saturated carbocycles. The molecule has 2 heterocycles. The molecule has 3 N–H and O–H groups in total. The highest BCUT2D eigenvalue weighted by Gasteiger charge is 2.10. The Morgan fingerprint density at radius 3 is 2.92 bits per heavy atom. The van der Waals surface area contributed by atoms with Gasteiger partial charge < -0.3 is 20.1 Å². The molecule has 0 unspecified atom stereocenters. The molecule has 1 aromatic carbocycles. The van der Waals surface area contributed by atoms with Crippen molar-refractivity contribution in [3.05, 3.63) is 63.5 Å². The number of halogens is 2. The summed E-state index contributed by atoms with van der Waals surface area (Å²) in [5, 5.41) is 15.0. The SMILES string of the molecule is O=C(NCCO)c1ccc(NCc2cnc3ccc(Br)cn23)cc1Cl. The van der Waals surface area contributed by atoms with Gasteiger partial charge >= 0.3 is 0 Å². The van der Waals surface area contributed by atoms with Crippen molar-refractivity contribution in [3.8, 4) is 0 Å². The zero-order chi connectivity index (χ0) is 17.8. The Morgan fingerprint density at radius 1 is 1.32 bits per heavy atom. The van der Waals surface area contributed by atoms with Crippen LogP contribution >= 0.6 is 27.5 Å². The van der Waals surface area contributed by atoms with Crippen LogP contribution in [0.1, 0.15) is 16.1 Å². The summed E-state index contributed by atoms with van der Waals surface area (Å²) in [7, 11) is 0. The van der Waals surface area contributed by atoms with E-state index in [1.807, 2.05) is 28.9 Å². The van der Waals surface area contributed by atoms with Crippen LogP contribution in [0.25, 0.3) is 5.65 Å². The standard InChI is InChI=1S/C17H16BrClN4O2/c18-11-1-4-16-22-9-13(23(16)10-11)8-21-12-2-3-14(15(19)7-12)17(25)20-5-6-24/h1-4,7,9-10,21,24H,5-6,8H2,(H,20,25). The van der Waals surface area contributed by atoms with Crippen LogP contribution in [0.4, 0.5) is 5.69 Å². The molecule has 3 rings (SSSR count). The molecule has 0 radical (unpaired) electrons. The maximum absolute atomic E-state index is 11.9. The van der Waals surface area contributed by atoms with Crippen molar-refractivity contribution in [3.63, 3.8) is 0 Å². The first-order valence-corrected chi connectivity index (χ1v) is 8.79. The monoisotopic (exact) mass is 422 g/mol. The Morgan fingerprint density at radius 2 is 2.16 bits per heavy atom. The molecule has 0 saturated heterocycles. The van der Waals surface area contributed by atoms with Gasteiger partial charge in [0.15, 0.2) is 0 Å². The van der Waals surface area contributed by atoms with E-state index >= 15 is 0 Å². The van der Waals surface area contributed by atoms with Crippen molar-refractivity contribution in [1.82, 2.24) is 14.7 Å². The number of hydrogen-bond acceptors (Lipinski definition) is 4. The fourth-order valence-corrected chi connectivity index (χ4v) is 3.01. The maximum atomic E-state index is 11.9. The second kappa shape index (κ2) is 7.86. The molecular formula is C17H16BrClN4O2. The smallest absolute Gasteiger partial charge is 0.252 e. The van der Waals surface area contributed by atoms with E-state index in [-0.39, 0.29) is 19.1 Å². The number of aliphatic hydroxyl groups excluding tert-OH is 1. The summed E-state index contributed by atoms with van der Waals surface area (Å²) in [6, 6.07) is 9.03. The molecule has 0 atom stereocenters. The van der Waals surface area contributed by atoms with Crippen molar-refractivity contribution in [2.45, 2.75) is 6.54 Å². The number of rotatable bonds is 6. The van der Waals surface area contributed by atoms with E-state index in [4.69, 9.17) is 16.7 Å². The molecule has 1 amide bonds. The summed E-state index contributed by atoms with van der Waals surface area (Å²) in [6.07, 6.45) is 3.77. The number of hydrogen-bond donors (Lipinski definition) is 3. The maximum Gasteiger partial charge on any atom is 0.252 e. The fourth-order valence-electron chi connectivity index (χ4n) is 2.40. The second-order valence-electron chi connectivity index (χ2n) is 5.35. The zero-order valence-electron chi connectivity index (χ0n) is 13.2. The lowest BCUT2D eigenvalue weighted by atomic mass is 10.2. The van der Waals surface area contributed by atoms with Gasteiger partial charge in [0.2, 0.25) is 0 Å². The van der Waals surface area contributed by atoms with Gasteiger partial charge in [0.05, 0.1) is 35.6 Å². The number of nitrogens with zero attached hydrogens (tertiary/aromatic N) is 2. The van der Waals surface area contributed by atoms with E-state index < -0.39 is 0 Å². The van der Waals surface area contributed by atoms with E-state index in [1.54, 1.807) is 18.2 Å². The first-order valence-electron chi connectivity index (χ1n) is 7.62. The molecule has 0 bridgehead atoms. The van der Waals surface area contributed by atoms with Gasteiger partial charge in [-0.25, -0.2) is 4.98 Å². The number of carbonyl (C=O) groups excluding carboxylic acids is 1. The van der Waals surface area contributed by atoms with Gasteiger partial charge in [-0.3, -0.25) is 4.79 Å². The van der Waals surface area contributed by atoms with Gasteiger partial charge in [0.25, 0.3) is 5.91 Å². The number of fused-ring (bicyclic) bond motifs is 1. The molecule has 25 heavy (non-hydrogen) atoms. The Bertz CT molecular complexity index is 913. The molecule has 0 aliphatic heterocycles. The normalized spacial score (nSPS) is 10.8. The largest absolute Gasteiger partial charge is 0.395 e. The molecule has 3 aromatic rings. The van der Waals surface area contributed by atoms with Gasteiger partial charge in [0.1, 0.15) is 5.65 Å². The van der Waals surface area contributed by atoms with E-state index in [1.165, 1.54) is 0 Å². The molecule has 2 aromatic heterocycles. The van der Waals surface area contributed by atoms with Crippen LogP contribution < -0.4 is 10.6 Å². The Kier molecular flexibility index (Phi) is 5.57. The third-order valence-corrected chi connectivity index (χ3v) is 4.41. The first kappa shape index (κ1) is 17.7. The van der Waals surface area contributed by atoms with Crippen LogP contribution in [0.5, 0.6) is 0 Å². The molecule has 6 nitrogen and oxygen atoms in total. The van der Waals surface area contributed by atoms with Crippen molar-refractivity contribution in [1.29, 1.82) is 0 Å². The van der Waals surface area contributed by atoms with Crippen molar-refractivity contribution >= 4 is 44.8 Å². The van der Waals surface area contributed by atoms with Crippen LogP contribution in [0, 0.1) is 0 Å². The van der Waals surface area contributed by atoms with Crippen LogP contribution in [-0.4, -0.2) is 33.6 Å². The molecule has 0 fully saturated rings. The number of carbonyl (C=O) groups is 1. The highest BCUT2D eigenvalue weighted by atomic mass is 79.9. The predicted octanol–water partition coefficient (Wildman–Crippen LogP) is 3.08. The van der Waals surface area contributed by atoms with Crippen LogP contribution in [0.3, 0.4) is 0 Å². The third kappa shape index (κ3) is 4.12. The van der Waals surface area contributed by atoms with Crippen molar-refractivity contribution < 1.29 is 9.90 Å². The minimum absolute atomic E-state index is 0.113. The average molecular weight is 424 g/mol. The van der Waals surface area contributed by atoms with E-state index in [0.29, 0.717) is 17.1 Å². The van der Waals surface area contributed by atoms with Gasteiger partial charge in [-0.15, -0.1) is 0 Å². The number of benzene rings is 1. The number of nitrogens with one attached hydrogen (secondary N) is 2. The topological polar surface area (TPSA) is 78.7 Å². The van der Waals surface area contributed by atoms with E-state index in [2.05, 4.69) is 31.5 Å². The van der Waals surface area contributed by atoms with Crippen molar-refractivity contribution in [2.75, 3.05) is 18.5 Å². The molecule has 130 valence electrons. The highest BCUT2D eigenvalue weighted by Crippen LogP contribution is 2.22. The molecule has 8 heteroatoms. The van der Waals surface area contributed by atoms with Gasteiger partial charge in [0, 0.05) is 22.9 Å². The lowest BCUT2D eigenvalue weighted by Gasteiger charge is -2.10. The summed E-state index contributed by atoms with van der Waals surface area (Å²) in [4.78, 5) is 16.3. The number of pyridine rings is 1. The molecular weight excluding hydrogens is 408 g/mol. The summed E-state index contributed by atoms with van der Waals surface area (Å²) in [5.41, 5.74) is 3.04. The van der Waals surface area contributed by atoms with E-state index in [9.17, 15) is 4.79 Å². The second-order valence-corrected chi connectivity index (χ2v) is 6.68. The van der Waals surface area contributed by atoms with Gasteiger partial charge in [-0.2, -0.15) is 0 Å². The Balaban J connectivity index is 1.71.